The van der Waals surface area contributed by atoms with Crippen molar-refractivity contribution >= 4 is 45.7 Å². The van der Waals surface area contributed by atoms with E-state index in [0.717, 1.165) is 10.9 Å². The number of benzene rings is 1. The summed E-state index contributed by atoms with van der Waals surface area (Å²) in [6.45, 7) is 0. The third-order valence-corrected chi connectivity index (χ3v) is 3.23. The molecule has 2 heterocycles. The van der Waals surface area contributed by atoms with Gasteiger partial charge in [0.05, 0.1) is 10.5 Å². The van der Waals surface area contributed by atoms with Gasteiger partial charge in [-0.25, -0.2) is 9.78 Å². The first-order chi connectivity index (χ1) is 8.56. The average molecular weight is 281 g/mol. The van der Waals surface area contributed by atoms with Crippen molar-refractivity contribution in [2.24, 2.45) is 0 Å². The Bertz CT molecular complexity index is 795. The normalized spacial score (nSPS) is 11.2. The predicted octanol–water partition coefficient (Wildman–Crippen LogP) is 3.49. The van der Waals surface area contributed by atoms with E-state index in [4.69, 9.17) is 28.3 Å². The van der Waals surface area contributed by atoms with Crippen LogP contribution in [-0.4, -0.2) is 20.5 Å². The number of carbonyl (C=O) groups is 1. The predicted molar refractivity (Wildman–Crippen MR) is 69.7 cm³/mol. The van der Waals surface area contributed by atoms with Gasteiger partial charge in [0.2, 0.25) is 0 Å². The summed E-state index contributed by atoms with van der Waals surface area (Å²) >= 11 is 12.1. The van der Waals surface area contributed by atoms with Gasteiger partial charge in [-0.05, 0) is 18.2 Å². The molecule has 0 fully saturated rings. The van der Waals surface area contributed by atoms with Crippen molar-refractivity contribution in [2.75, 3.05) is 0 Å². The number of fused-ring (bicyclic) bond motifs is 3. The van der Waals surface area contributed by atoms with E-state index in [0.29, 0.717) is 15.7 Å². The molecule has 4 nitrogen and oxygen atoms in total. The fourth-order valence-corrected chi connectivity index (χ4v) is 2.31. The van der Waals surface area contributed by atoms with Crippen LogP contribution in [0.4, 0.5) is 0 Å². The van der Waals surface area contributed by atoms with Crippen molar-refractivity contribution in [1.29, 1.82) is 0 Å². The maximum absolute atomic E-state index is 10.9. The second-order valence-electron chi connectivity index (χ2n) is 3.81. The monoisotopic (exact) mass is 280 g/mol. The first-order valence-corrected chi connectivity index (χ1v) is 5.82. The van der Waals surface area contributed by atoms with Gasteiger partial charge in [0.15, 0.2) is 5.69 Å². The molecule has 1 aromatic carbocycles. The molecule has 0 saturated heterocycles. The summed E-state index contributed by atoms with van der Waals surface area (Å²) in [6.07, 6.45) is 1.45. The van der Waals surface area contributed by atoms with E-state index < -0.39 is 5.97 Å². The fourth-order valence-electron chi connectivity index (χ4n) is 1.89. The SMILES string of the molecule is O=C(O)c1cn2c(cc(Cl)c3ccc(Cl)cc32)n1. The first-order valence-electron chi connectivity index (χ1n) is 5.06. The molecule has 0 aliphatic carbocycles. The number of halogens is 2. The number of carboxylic acid groups (broad SMARTS) is 1. The molecule has 3 aromatic rings. The molecule has 1 N–H and O–H groups in total. The van der Waals surface area contributed by atoms with E-state index >= 15 is 0 Å². The Labute approximate surface area is 111 Å². The number of rotatable bonds is 1. The van der Waals surface area contributed by atoms with E-state index in [1.807, 2.05) is 0 Å². The maximum Gasteiger partial charge on any atom is 0.356 e. The van der Waals surface area contributed by atoms with Gasteiger partial charge in [0, 0.05) is 22.7 Å². The second-order valence-corrected chi connectivity index (χ2v) is 4.66. The molecular formula is C12H6Cl2N2O2. The van der Waals surface area contributed by atoms with Crippen LogP contribution in [0.2, 0.25) is 10.0 Å². The van der Waals surface area contributed by atoms with Crippen LogP contribution in [0.25, 0.3) is 16.6 Å². The van der Waals surface area contributed by atoms with E-state index in [-0.39, 0.29) is 5.69 Å². The van der Waals surface area contributed by atoms with Crippen molar-refractivity contribution in [3.8, 4) is 0 Å². The summed E-state index contributed by atoms with van der Waals surface area (Å²) in [6, 6.07) is 6.88. The van der Waals surface area contributed by atoms with Crippen LogP contribution in [0.3, 0.4) is 0 Å². The molecule has 90 valence electrons. The molecule has 0 spiro atoms. The van der Waals surface area contributed by atoms with Crippen LogP contribution in [0.5, 0.6) is 0 Å². The summed E-state index contributed by atoms with van der Waals surface area (Å²) < 4.78 is 1.66. The Hall–Kier alpha value is -1.78. The van der Waals surface area contributed by atoms with Crippen LogP contribution in [0.1, 0.15) is 10.5 Å². The fraction of sp³-hybridized carbons (Fsp3) is 0. The minimum atomic E-state index is -1.08. The average Bonchev–Trinajstić information content (AvgIpc) is 2.73. The summed E-state index contributed by atoms with van der Waals surface area (Å²) in [5.41, 5.74) is 1.18. The standard InChI is InChI=1S/C12H6Cl2N2O2/c13-6-1-2-7-8(14)4-11-15-9(12(17)18)5-16(11)10(7)3-6/h1-5H,(H,17,18). The van der Waals surface area contributed by atoms with E-state index in [2.05, 4.69) is 4.98 Å². The summed E-state index contributed by atoms with van der Waals surface area (Å²) in [5.74, 6) is -1.08. The van der Waals surface area contributed by atoms with Gasteiger partial charge in [0.1, 0.15) is 5.65 Å². The molecule has 2 aromatic heterocycles. The number of hydrogen-bond acceptors (Lipinski definition) is 2. The summed E-state index contributed by atoms with van der Waals surface area (Å²) in [5, 5.41) is 10.8. The second kappa shape index (κ2) is 3.86. The highest BCUT2D eigenvalue weighted by atomic mass is 35.5. The van der Waals surface area contributed by atoms with Crippen LogP contribution in [0, 0.1) is 0 Å². The Balaban J connectivity index is 2.50. The highest BCUT2D eigenvalue weighted by Crippen LogP contribution is 2.28. The lowest BCUT2D eigenvalue weighted by Gasteiger charge is -2.04. The Morgan fingerprint density at radius 3 is 2.78 bits per heavy atom. The summed E-state index contributed by atoms with van der Waals surface area (Å²) in [4.78, 5) is 14.9. The first kappa shape index (κ1) is 11.3. The van der Waals surface area contributed by atoms with Gasteiger partial charge in [-0.15, -0.1) is 0 Å². The molecule has 3 rings (SSSR count). The van der Waals surface area contributed by atoms with Gasteiger partial charge in [-0.2, -0.15) is 0 Å². The number of nitrogens with zero attached hydrogens (tertiary/aromatic N) is 2. The molecule has 0 unspecified atom stereocenters. The third kappa shape index (κ3) is 1.62. The number of carboxylic acids is 1. The largest absolute Gasteiger partial charge is 0.476 e. The lowest BCUT2D eigenvalue weighted by molar-refractivity contribution is 0.0691. The lowest BCUT2D eigenvalue weighted by Crippen LogP contribution is -1.94. The van der Waals surface area contributed by atoms with Gasteiger partial charge in [-0.1, -0.05) is 23.2 Å². The zero-order chi connectivity index (χ0) is 12.9. The topological polar surface area (TPSA) is 54.6 Å². The number of imidazole rings is 1. The van der Waals surface area contributed by atoms with Crippen molar-refractivity contribution in [1.82, 2.24) is 9.38 Å². The lowest BCUT2D eigenvalue weighted by atomic mass is 10.2. The number of hydrogen-bond donors (Lipinski definition) is 1. The highest BCUT2D eigenvalue weighted by Gasteiger charge is 2.12. The Kier molecular flexibility index (Phi) is 2.43. The zero-order valence-corrected chi connectivity index (χ0v) is 10.4. The number of pyridine rings is 1. The molecule has 0 bridgehead atoms. The van der Waals surface area contributed by atoms with E-state index in [9.17, 15) is 4.79 Å². The Morgan fingerprint density at radius 2 is 2.06 bits per heavy atom. The van der Waals surface area contributed by atoms with Gasteiger partial charge < -0.3 is 5.11 Å². The molecule has 0 aliphatic heterocycles. The van der Waals surface area contributed by atoms with Crippen LogP contribution >= 0.6 is 23.2 Å². The molecule has 0 radical (unpaired) electrons. The number of aromatic carboxylic acids is 1. The van der Waals surface area contributed by atoms with Crippen molar-refractivity contribution in [3.63, 3.8) is 0 Å². The smallest absolute Gasteiger partial charge is 0.356 e. The number of aromatic nitrogens is 2. The van der Waals surface area contributed by atoms with Crippen molar-refractivity contribution < 1.29 is 9.90 Å². The molecule has 0 aliphatic rings. The van der Waals surface area contributed by atoms with Crippen molar-refractivity contribution in [3.05, 3.63) is 46.2 Å². The molecule has 0 saturated carbocycles. The minimum Gasteiger partial charge on any atom is -0.476 e. The maximum atomic E-state index is 10.9. The molecular weight excluding hydrogens is 275 g/mol. The minimum absolute atomic E-state index is 0.0291. The van der Waals surface area contributed by atoms with Gasteiger partial charge in [0.25, 0.3) is 0 Å². The molecule has 0 amide bonds. The summed E-state index contributed by atoms with van der Waals surface area (Å²) in [7, 11) is 0. The molecule has 6 heteroatoms. The molecule has 18 heavy (non-hydrogen) atoms. The highest BCUT2D eigenvalue weighted by molar-refractivity contribution is 6.36. The quantitative estimate of drug-likeness (QED) is 0.742. The zero-order valence-electron chi connectivity index (χ0n) is 8.89. The van der Waals surface area contributed by atoms with Gasteiger partial charge in [-0.3, -0.25) is 4.40 Å². The third-order valence-electron chi connectivity index (χ3n) is 2.68. The van der Waals surface area contributed by atoms with Crippen LogP contribution < -0.4 is 0 Å². The van der Waals surface area contributed by atoms with Crippen LogP contribution in [0.15, 0.2) is 30.5 Å². The van der Waals surface area contributed by atoms with E-state index in [1.54, 1.807) is 28.7 Å². The van der Waals surface area contributed by atoms with Crippen molar-refractivity contribution in [2.45, 2.75) is 0 Å². The van der Waals surface area contributed by atoms with E-state index in [1.165, 1.54) is 6.20 Å². The molecule has 0 atom stereocenters. The van der Waals surface area contributed by atoms with Gasteiger partial charge >= 0.3 is 5.97 Å². The Morgan fingerprint density at radius 1 is 1.28 bits per heavy atom. The van der Waals surface area contributed by atoms with Crippen LogP contribution in [-0.2, 0) is 0 Å².